The predicted molar refractivity (Wildman–Crippen MR) is 157 cm³/mol. The highest BCUT2D eigenvalue weighted by molar-refractivity contribution is 6.22. The van der Waals surface area contributed by atoms with Crippen molar-refractivity contribution in [1.29, 1.82) is 0 Å². The monoisotopic (exact) mass is 595 g/mol. The van der Waals surface area contributed by atoms with Gasteiger partial charge in [-0.3, -0.25) is 24.2 Å². The lowest BCUT2D eigenvalue weighted by Gasteiger charge is -2.59. The lowest BCUT2D eigenvalue weighted by Crippen LogP contribution is -2.69. The summed E-state index contributed by atoms with van der Waals surface area (Å²) in [7, 11) is 3.19. The van der Waals surface area contributed by atoms with Crippen LogP contribution < -0.4 is 5.73 Å². The first-order valence-corrected chi connectivity index (χ1v) is 14.6. The van der Waals surface area contributed by atoms with Crippen molar-refractivity contribution in [3.05, 3.63) is 64.0 Å². The lowest BCUT2D eigenvalue weighted by atomic mass is 9.47. The van der Waals surface area contributed by atoms with Crippen LogP contribution in [0.2, 0.25) is 0 Å². The molecular weight excluding hydrogens is 554 g/mol. The minimum atomic E-state index is -2.60. The van der Waals surface area contributed by atoms with Crippen LogP contribution in [-0.4, -0.2) is 93.1 Å². The van der Waals surface area contributed by atoms with Crippen LogP contribution in [0.3, 0.4) is 0 Å². The average Bonchev–Trinajstić information content (AvgIpc) is 3.58. The Labute approximate surface area is 250 Å². The van der Waals surface area contributed by atoms with E-state index in [1.54, 1.807) is 40.1 Å². The third kappa shape index (κ3) is 4.69. The molecule has 11 heteroatoms. The van der Waals surface area contributed by atoms with Crippen molar-refractivity contribution in [3.63, 3.8) is 0 Å². The summed E-state index contributed by atoms with van der Waals surface area (Å²) in [6.07, 6.45) is 5.74. The number of carbonyl (C=O) groups is 3. The second-order valence-corrected chi connectivity index (χ2v) is 13.0. The molecule has 0 aromatic carbocycles. The molecule has 0 unspecified atom stereocenters. The fourth-order valence-corrected chi connectivity index (χ4v) is 8.15. The second-order valence-electron chi connectivity index (χ2n) is 13.0. The van der Waals surface area contributed by atoms with Crippen LogP contribution in [0, 0.1) is 10.8 Å². The molecule has 5 rings (SSSR count). The number of primary amides is 1. The Morgan fingerprint density at radius 1 is 1.16 bits per heavy atom. The van der Waals surface area contributed by atoms with Gasteiger partial charge >= 0.3 is 0 Å². The Morgan fingerprint density at radius 2 is 1.84 bits per heavy atom. The van der Waals surface area contributed by atoms with E-state index >= 15 is 0 Å². The topological polar surface area (TPSA) is 178 Å². The third-order valence-corrected chi connectivity index (χ3v) is 9.74. The van der Waals surface area contributed by atoms with Gasteiger partial charge in [0.25, 0.3) is 5.91 Å². The van der Waals surface area contributed by atoms with Crippen molar-refractivity contribution in [2.45, 2.75) is 64.1 Å². The maximum absolute atomic E-state index is 13.9. The van der Waals surface area contributed by atoms with Crippen LogP contribution in [0.15, 0.2) is 56.9 Å². The summed E-state index contributed by atoms with van der Waals surface area (Å²) in [6.45, 7) is 5.82. The maximum atomic E-state index is 13.9. The fraction of sp³-hybridized carbons (Fsp3) is 0.531. The Kier molecular flexibility index (Phi) is 7.83. The standard InChI is InChI=1S/C32H41N3O8/c1-30-15-18(20(8-7-13-36)22-10-9-19(43-22)16-35-11-5-6-12-35)14-21(37)24(30)28(40)32(42)27(39)23(29(33)41)25(38)26(34(3)4)31(32,2)17-30/h7-10,26,36,39-40,42H,5-6,11-17H2,1-4H3,(H2,33,41)/b8-7-,20-18-/t26-,30+,31+,32-/m1/s1. The molecule has 2 heterocycles. The third-order valence-electron chi connectivity index (χ3n) is 9.74. The van der Waals surface area contributed by atoms with E-state index in [9.17, 15) is 34.8 Å². The number of amides is 1. The smallest absolute Gasteiger partial charge is 0.255 e. The summed E-state index contributed by atoms with van der Waals surface area (Å²) in [5, 5.41) is 44.5. The second kappa shape index (κ2) is 10.9. The van der Waals surface area contributed by atoms with Gasteiger partial charge in [-0.1, -0.05) is 31.6 Å². The van der Waals surface area contributed by atoms with Crippen LogP contribution in [0.4, 0.5) is 0 Å². The molecule has 1 aliphatic heterocycles. The number of aliphatic hydroxyl groups excluding tert-OH is 3. The first-order valence-electron chi connectivity index (χ1n) is 14.6. The molecule has 1 aromatic rings. The first kappa shape index (κ1) is 30.9. The number of fused-ring (bicyclic) bond motifs is 2. The van der Waals surface area contributed by atoms with Gasteiger partial charge in [0.15, 0.2) is 17.2 Å². The normalized spacial score (nSPS) is 33.0. The number of hydrogen-bond donors (Lipinski definition) is 5. The van der Waals surface area contributed by atoms with Crippen LogP contribution in [0.5, 0.6) is 0 Å². The Morgan fingerprint density at radius 3 is 2.44 bits per heavy atom. The molecule has 1 saturated heterocycles. The molecule has 0 bridgehead atoms. The molecule has 4 aliphatic rings. The number of carbonyl (C=O) groups excluding carboxylic acids is 3. The van der Waals surface area contributed by atoms with E-state index in [0.29, 0.717) is 23.5 Å². The van der Waals surface area contributed by atoms with Crippen LogP contribution in [0.25, 0.3) is 5.57 Å². The van der Waals surface area contributed by atoms with E-state index in [2.05, 4.69) is 4.90 Å². The molecule has 1 amide bonds. The number of rotatable bonds is 7. The molecule has 1 aromatic heterocycles. The minimum Gasteiger partial charge on any atom is -0.508 e. The van der Waals surface area contributed by atoms with Gasteiger partial charge in [-0.2, -0.15) is 0 Å². The van der Waals surface area contributed by atoms with E-state index in [1.165, 1.54) is 4.90 Å². The van der Waals surface area contributed by atoms with Crippen LogP contribution >= 0.6 is 0 Å². The molecule has 3 aliphatic carbocycles. The molecule has 43 heavy (non-hydrogen) atoms. The van der Waals surface area contributed by atoms with Gasteiger partial charge in [0, 0.05) is 28.4 Å². The molecule has 11 nitrogen and oxygen atoms in total. The van der Waals surface area contributed by atoms with E-state index < -0.39 is 57.0 Å². The number of nitrogens with two attached hydrogens (primary N) is 1. The average molecular weight is 596 g/mol. The van der Waals surface area contributed by atoms with Crippen molar-refractivity contribution in [2.24, 2.45) is 16.6 Å². The summed E-state index contributed by atoms with van der Waals surface area (Å²) in [6, 6.07) is 2.60. The van der Waals surface area contributed by atoms with E-state index in [-0.39, 0.29) is 31.4 Å². The lowest BCUT2D eigenvalue weighted by molar-refractivity contribution is -0.161. The van der Waals surface area contributed by atoms with Crippen molar-refractivity contribution in [1.82, 2.24) is 9.80 Å². The highest BCUT2D eigenvalue weighted by Crippen LogP contribution is 2.64. The Balaban J connectivity index is 1.65. The van der Waals surface area contributed by atoms with Gasteiger partial charge in [0.1, 0.15) is 28.6 Å². The largest absolute Gasteiger partial charge is 0.508 e. The highest BCUT2D eigenvalue weighted by atomic mass is 16.4. The van der Waals surface area contributed by atoms with Crippen molar-refractivity contribution < 1.29 is 39.2 Å². The molecule has 6 N–H and O–H groups in total. The first-order chi connectivity index (χ1) is 20.2. The number of allylic oxidation sites excluding steroid dienone is 4. The van der Waals surface area contributed by atoms with Crippen molar-refractivity contribution >= 4 is 23.0 Å². The summed E-state index contributed by atoms with van der Waals surface area (Å²) in [5.74, 6) is -2.96. The zero-order valence-electron chi connectivity index (χ0n) is 25.1. The van der Waals surface area contributed by atoms with Gasteiger partial charge in [0.2, 0.25) is 0 Å². The zero-order chi connectivity index (χ0) is 31.5. The number of nitrogens with zero attached hydrogens (tertiary/aromatic N) is 2. The fourth-order valence-electron chi connectivity index (χ4n) is 8.15. The number of likely N-dealkylation sites (N-methyl/N-ethyl adjacent to an activating group) is 1. The number of furan rings is 1. The molecule has 2 fully saturated rings. The van der Waals surface area contributed by atoms with Gasteiger partial charge in [-0.05, 0) is 65.0 Å². The summed E-state index contributed by atoms with van der Waals surface area (Å²) in [4.78, 5) is 43.5. The quantitative estimate of drug-likeness (QED) is 0.294. The molecule has 0 radical (unpaired) electrons. The van der Waals surface area contributed by atoms with Crippen molar-refractivity contribution in [2.75, 3.05) is 33.8 Å². The van der Waals surface area contributed by atoms with Gasteiger partial charge in [0.05, 0.1) is 19.2 Å². The molecule has 0 spiro atoms. The predicted octanol–water partition coefficient (Wildman–Crippen LogP) is 2.31. The number of likely N-dealkylation sites (tertiary alicyclic amines) is 1. The van der Waals surface area contributed by atoms with E-state index in [0.717, 1.165) is 31.7 Å². The zero-order valence-corrected chi connectivity index (χ0v) is 25.1. The summed E-state index contributed by atoms with van der Waals surface area (Å²) < 4.78 is 6.24. The van der Waals surface area contributed by atoms with Crippen LogP contribution in [0.1, 0.15) is 57.5 Å². The Bertz CT molecular complexity index is 1490. The molecule has 232 valence electrons. The van der Waals surface area contributed by atoms with Crippen molar-refractivity contribution in [3.8, 4) is 0 Å². The number of Topliss-reactive ketones (excluding diaryl/α,β-unsaturated/α-hetero) is 2. The molecule has 4 atom stereocenters. The summed E-state index contributed by atoms with van der Waals surface area (Å²) >= 11 is 0. The SMILES string of the molecule is CN(C)[C@@H]1C(=O)C(C(N)=O)=C(O)[C@@]2(O)C(O)=C3C(=O)C/C(=C(\C=C/CO)c4ccc(CN5CCCC5)o4)C[C@@]3(C)C[C@@]12C. The number of aliphatic hydroxyl groups is 4. The van der Waals surface area contributed by atoms with E-state index in [4.69, 9.17) is 10.2 Å². The highest BCUT2D eigenvalue weighted by Gasteiger charge is 2.70. The number of hydrogen-bond acceptors (Lipinski definition) is 10. The van der Waals surface area contributed by atoms with Gasteiger partial charge < -0.3 is 30.6 Å². The maximum Gasteiger partial charge on any atom is 0.255 e. The number of ketones is 2. The van der Waals surface area contributed by atoms with Crippen LogP contribution in [-0.2, 0) is 20.9 Å². The Hall–Kier alpha value is -3.51. The van der Waals surface area contributed by atoms with E-state index in [1.807, 2.05) is 12.1 Å². The van der Waals surface area contributed by atoms with Gasteiger partial charge in [-0.25, -0.2) is 0 Å². The summed E-state index contributed by atoms with van der Waals surface area (Å²) in [5.41, 5.74) is 0.719. The molecule has 1 saturated carbocycles. The minimum absolute atomic E-state index is 0.00514. The van der Waals surface area contributed by atoms with Gasteiger partial charge in [-0.15, -0.1) is 0 Å². The molecular formula is C32H41N3O8.